The molecule has 0 spiro atoms. The molecule has 2 rings (SSSR count). The van der Waals surface area contributed by atoms with Crippen LogP contribution in [0.3, 0.4) is 0 Å². The average Bonchev–Trinajstić information content (AvgIpc) is 2.71. The zero-order chi connectivity index (χ0) is 11.5. The van der Waals surface area contributed by atoms with Gasteiger partial charge >= 0.3 is 0 Å². The highest BCUT2D eigenvalue weighted by atomic mass is 35.5. The van der Waals surface area contributed by atoms with Gasteiger partial charge in [-0.3, -0.25) is 4.68 Å². The molecule has 0 saturated heterocycles. The Morgan fingerprint density at radius 3 is 2.88 bits per heavy atom. The molecule has 2 aromatic rings. The van der Waals surface area contributed by atoms with Gasteiger partial charge in [-0.25, -0.2) is 0 Å². The van der Waals surface area contributed by atoms with Gasteiger partial charge in [0.25, 0.3) is 0 Å². The minimum Gasteiger partial charge on any atom is -0.329 e. The van der Waals surface area contributed by atoms with Gasteiger partial charge in [0.15, 0.2) is 0 Å². The van der Waals surface area contributed by atoms with Gasteiger partial charge in [0.2, 0.25) is 0 Å². The first kappa shape index (κ1) is 11.5. The molecule has 1 aromatic carbocycles. The Balaban J connectivity index is 2.39. The Morgan fingerprint density at radius 2 is 2.12 bits per heavy atom. The number of halogens is 2. The fourth-order valence-corrected chi connectivity index (χ4v) is 1.89. The van der Waals surface area contributed by atoms with Gasteiger partial charge in [-0.2, -0.15) is 5.10 Å². The summed E-state index contributed by atoms with van der Waals surface area (Å²) in [6.45, 7) is 1.25. The van der Waals surface area contributed by atoms with Crippen LogP contribution in [0.25, 0.3) is 11.1 Å². The van der Waals surface area contributed by atoms with Crippen LogP contribution in [0, 0.1) is 0 Å². The largest absolute Gasteiger partial charge is 0.329 e. The minimum absolute atomic E-state index is 0.547. The van der Waals surface area contributed by atoms with Crippen LogP contribution in [0.4, 0.5) is 0 Å². The molecular formula is C11H11Cl2N3. The molecule has 1 heterocycles. The Hall–Kier alpha value is -1.03. The van der Waals surface area contributed by atoms with Gasteiger partial charge in [-0.1, -0.05) is 35.3 Å². The van der Waals surface area contributed by atoms with Crippen LogP contribution in [-0.2, 0) is 6.54 Å². The lowest BCUT2D eigenvalue weighted by Crippen LogP contribution is -2.09. The highest BCUT2D eigenvalue weighted by Crippen LogP contribution is 2.32. The zero-order valence-electron chi connectivity index (χ0n) is 8.53. The molecule has 1 aromatic heterocycles. The summed E-state index contributed by atoms with van der Waals surface area (Å²) in [5, 5.41) is 5.29. The van der Waals surface area contributed by atoms with E-state index in [4.69, 9.17) is 28.9 Å². The molecule has 0 atom stereocenters. The summed E-state index contributed by atoms with van der Waals surface area (Å²) in [5.74, 6) is 0. The summed E-state index contributed by atoms with van der Waals surface area (Å²) in [6.07, 6.45) is 3.66. The molecule has 84 valence electrons. The summed E-state index contributed by atoms with van der Waals surface area (Å²) in [7, 11) is 0. The highest BCUT2D eigenvalue weighted by Gasteiger charge is 2.08. The predicted octanol–water partition coefficient (Wildman–Crippen LogP) is 2.82. The molecule has 3 nitrogen and oxygen atoms in total. The predicted molar refractivity (Wildman–Crippen MR) is 66.7 cm³/mol. The Morgan fingerprint density at radius 1 is 1.31 bits per heavy atom. The summed E-state index contributed by atoms with van der Waals surface area (Å²) in [5.41, 5.74) is 7.29. The number of nitrogens with zero attached hydrogens (tertiary/aromatic N) is 2. The van der Waals surface area contributed by atoms with Crippen LogP contribution in [0.15, 0.2) is 30.6 Å². The van der Waals surface area contributed by atoms with Crippen molar-refractivity contribution >= 4 is 23.2 Å². The van der Waals surface area contributed by atoms with E-state index in [2.05, 4.69) is 5.10 Å². The normalized spacial score (nSPS) is 10.7. The average molecular weight is 256 g/mol. The first-order valence-electron chi connectivity index (χ1n) is 4.89. The molecule has 0 saturated carbocycles. The Kier molecular flexibility index (Phi) is 3.49. The summed E-state index contributed by atoms with van der Waals surface area (Å²) < 4.78 is 1.78. The number of hydrogen-bond acceptors (Lipinski definition) is 2. The van der Waals surface area contributed by atoms with Crippen LogP contribution in [-0.4, -0.2) is 16.3 Å². The van der Waals surface area contributed by atoms with E-state index in [1.165, 1.54) is 0 Å². The topological polar surface area (TPSA) is 43.8 Å². The van der Waals surface area contributed by atoms with Gasteiger partial charge < -0.3 is 5.73 Å². The van der Waals surface area contributed by atoms with Crippen LogP contribution in [0.2, 0.25) is 10.0 Å². The van der Waals surface area contributed by atoms with Crippen LogP contribution in [0.1, 0.15) is 0 Å². The number of rotatable bonds is 3. The van der Waals surface area contributed by atoms with Crippen molar-refractivity contribution < 1.29 is 0 Å². The third kappa shape index (κ3) is 2.21. The quantitative estimate of drug-likeness (QED) is 0.917. The molecule has 2 N–H and O–H groups in total. The number of benzene rings is 1. The molecule has 0 aliphatic carbocycles. The molecule has 5 heteroatoms. The summed E-state index contributed by atoms with van der Waals surface area (Å²) in [6, 6.07) is 5.54. The number of nitrogens with two attached hydrogens (primary N) is 1. The molecule has 0 radical (unpaired) electrons. The SMILES string of the molecule is NCCn1cc(-c2cccc(Cl)c2Cl)cn1. The van der Waals surface area contributed by atoms with E-state index < -0.39 is 0 Å². The summed E-state index contributed by atoms with van der Waals surface area (Å²) in [4.78, 5) is 0. The van der Waals surface area contributed by atoms with Crippen molar-refractivity contribution in [3.8, 4) is 11.1 Å². The van der Waals surface area contributed by atoms with Gasteiger partial charge in [-0.15, -0.1) is 0 Å². The van der Waals surface area contributed by atoms with Crippen molar-refractivity contribution in [1.82, 2.24) is 9.78 Å². The Labute approximate surface area is 104 Å². The van der Waals surface area contributed by atoms with Crippen molar-refractivity contribution in [2.75, 3.05) is 6.54 Å². The molecule has 0 fully saturated rings. The van der Waals surface area contributed by atoms with Crippen molar-refractivity contribution in [2.45, 2.75) is 6.54 Å². The van der Waals surface area contributed by atoms with Crippen molar-refractivity contribution in [3.63, 3.8) is 0 Å². The molecule has 0 unspecified atom stereocenters. The van der Waals surface area contributed by atoms with Crippen LogP contribution < -0.4 is 5.73 Å². The number of hydrogen-bond donors (Lipinski definition) is 1. The van der Waals surface area contributed by atoms with Crippen molar-refractivity contribution in [3.05, 3.63) is 40.6 Å². The molecular weight excluding hydrogens is 245 g/mol. The van der Waals surface area contributed by atoms with Crippen molar-refractivity contribution in [2.24, 2.45) is 5.73 Å². The maximum absolute atomic E-state index is 6.12. The van der Waals surface area contributed by atoms with Crippen LogP contribution >= 0.6 is 23.2 Å². The fourth-order valence-electron chi connectivity index (χ4n) is 1.48. The maximum Gasteiger partial charge on any atom is 0.0671 e. The zero-order valence-corrected chi connectivity index (χ0v) is 10.0. The van der Waals surface area contributed by atoms with E-state index in [1.54, 1.807) is 16.9 Å². The second-order valence-corrected chi connectivity index (χ2v) is 4.17. The number of aromatic nitrogens is 2. The molecule has 0 amide bonds. The lowest BCUT2D eigenvalue weighted by atomic mass is 10.1. The van der Waals surface area contributed by atoms with Gasteiger partial charge in [-0.05, 0) is 6.07 Å². The minimum atomic E-state index is 0.547. The van der Waals surface area contributed by atoms with E-state index in [1.807, 2.05) is 18.3 Å². The third-order valence-electron chi connectivity index (χ3n) is 2.25. The second-order valence-electron chi connectivity index (χ2n) is 3.38. The lowest BCUT2D eigenvalue weighted by molar-refractivity contribution is 0.625. The first-order chi connectivity index (χ1) is 7.72. The van der Waals surface area contributed by atoms with E-state index in [0.717, 1.165) is 11.1 Å². The van der Waals surface area contributed by atoms with Gasteiger partial charge in [0.05, 0.1) is 22.8 Å². The summed E-state index contributed by atoms with van der Waals surface area (Å²) >= 11 is 12.1. The first-order valence-corrected chi connectivity index (χ1v) is 5.65. The van der Waals surface area contributed by atoms with E-state index in [-0.39, 0.29) is 0 Å². The van der Waals surface area contributed by atoms with Gasteiger partial charge in [0.1, 0.15) is 0 Å². The molecule has 16 heavy (non-hydrogen) atoms. The molecule has 0 aliphatic rings. The van der Waals surface area contributed by atoms with Gasteiger partial charge in [0, 0.05) is 23.9 Å². The lowest BCUT2D eigenvalue weighted by Gasteiger charge is -2.02. The Bertz CT molecular complexity index is 494. The van der Waals surface area contributed by atoms with Crippen LogP contribution in [0.5, 0.6) is 0 Å². The van der Waals surface area contributed by atoms with E-state index >= 15 is 0 Å². The van der Waals surface area contributed by atoms with E-state index in [9.17, 15) is 0 Å². The molecule has 0 bridgehead atoms. The highest BCUT2D eigenvalue weighted by molar-refractivity contribution is 6.43. The van der Waals surface area contributed by atoms with E-state index in [0.29, 0.717) is 23.1 Å². The smallest absolute Gasteiger partial charge is 0.0671 e. The standard InChI is InChI=1S/C11H11Cl2N3/c12-10-3-1-2-9(11(10)13)8-6-15-16(7-8)5-4-14/h1-3,6-7H,4-5,14H2. The monoisotopic (exact) mass is 255 g/mol. The maximum atomic E-state index is 6.12. The van der Waals surface area contributed by atoms with Crippen molar-refractivity contribution in [1.29, 1.82) is 0 Å². The third-order valence-corrected chi connectivity index (χ3v) is 3.07. The fraction of sp³-hybridized carbons (Fsp3) is 0.182. The molecule has 0 aliphatic heterocycles. The second kappa shape index (κ2) is 4.87.